The smallest absolute Gasteiger partial charge is 0.225 e. The van der Waals surface area contributed by atoms with Crippen LogP contribution in [0.25, 0.3) is 0 Å². The van der Waals surface area contributed by atoms with Crippen LogP contribution in [0.1, 0.15) is 31.4 Å². The number of rotatable bonds is 3. The molecule has 0 aromatic carbocycles. The largest absolute Gasteiger partial charge is 0.469 e. The lowest BCUT2D eigenvalue weighted by Crippen LogP contribution is -2.56. The molecule has 3 aliphatic rings. The van der Waals surface area contributed by atoms with E-state index in [1.54, 1.807) is 11.2 Å². The number of carbonyl (C=O) groups is 1. The summed E-state index contributed by atoms with van der Waals surface area (Å²) in [5.74, 6) is 0.140. The summed E-state index contributed by atoms with van der Waals surface area (Å²) in [6, 6.07) is 3.72. The summed E-state index contributed by atoms with van der Waals surface area (Å²) in [5, 5.41) is 11.1. The van der Waals surface area contributed by atoms with Gasteiger partial charge in [-0.1, -0.05) is 0 Å². The van der Waals surface area contributed by atoms with Crippen molar-refractivity contribution in [3.8, 4) is 0 Å². The van der Waals surface area contributed by atoms with Gasteiger partial charge in [0.05, 0.1) is 19.5 Å². The van der Waals surface area contributed by atoms with E-state index in [2.05, 4.69) is 0 Å². The average molecular weight is 307 g/mol. The minimum Gasteiger partial charge on any atom is -0.469 e. The summed E-state index contributed by atoms with van der Waals surface area (Å²) in [6.07, 6.45) is 4.32. The Morgan fingerprint density at radius 2 is 2.14 bits per heavy atom. The summed E-state index contributed by atoms with van der Waals surface area (Å²) in [5.41, 5.74) is -1.07. The van der Waals surface area contributed by atoms with Crippen molar-refractivity contribution in [2.24, 2.45) is 5.92 Å². The molecule has 1 spiro atoms. The molecule has 22 heavy (non-hydrogen) atoms. The molecule has 1 aromatic heterocycles. The zero-order valence-electron chi connectivity index (χ0n) is 12.5. The van der Waals surface area contributed by atoms with Crippen molar-refractivity contribution < 1.29 is 23.8 Å². The molecule has 120 valence electrons. The second kappa shape index (κ2) is 5.08. The van der Waals surface area contributed by atoms with Gasteiger partial charge in [-0.2, -0.15) is 0 Å². The molecule has 0 bridgehead atoms. The number of fused-ring (bicyclic) bond motifs is 1. The Kier molecular flexibility index (Phi) is 3.29. The quantitative estimate of drug-likeness (QED) is 0.911. The molecule has 1 aliphatic carbocycles. The summed E-state index contributed by atoms with van der Waals surface area (Å²) >= 11 is 0. The molecule has 1 N–H and O–H groups in total. The molecule has 3 fully saturated rings. The van der Waals surface area contributed by atoms with Crippen molar-refractivity contribution in [2.45, 2.75) is 43.6 Å². The van der Waals surface area contributed by atoms with Crippen LogP contribution in [0.5, 0.6) is 0 Å². The number of nitrogens with zero attached hydrogens (tertiary/aromatic N) is 1. The van der Waals surface area contributed by atoms with Crippen LogP contribution in [0.2, 0.25) is 0 Å². The van der Waals surface area contributed by atoms with E-state index < -0.39 is 11.5 Å². The van der Waals surface area contributed by atoms with Gasteiger partial charge in [-0.05, 0) is 12.1 Å². The topological polar surface area (TPSA) is 72.1 Å². The first kappa shape index (κ1) is 14.2. The molecular weight excluding hydrogens is 286 g/mol. The molecule has 6 nitrogen and oxygen atoms in total. The Hall–Kier alpha value is -1.37. The molecule has 4 rings (SSSR count). The lowest BCUT2D eigenvalue weighted by molar-refractivity contribution is -0.238. The van der Waals surface area contributed by atoms with Gasteiger partial charge in [-0.3, -0.25) is 4.79 Å². The molecule has 6 heteroatoms. The van der Waals surface area contributed by atoms with E-state index in [1.807, 2.05) is 12.1 Å². The van der Waals surface area contributed by atoms with E-state index in [4.69, 9.17) is 13.9 Å². The van der Waals surface area contributed by atoms with Crippen LogP contribution in [-0.2, 0) is 20.7 Å². The van der Waals surface area contributed by atoms with Crippen molar-refractivity contribution in [3.63, 3.8) is 0 Å². The predicted molar refractivity (Wildman–Crippen MR) is 75.7 cm³/mol. The normalized spacial score (nSPS) is 33.6. The van der Waals surface area contributed by atoms with E-state index in [-0.39, 0.29) is 11.8 Å². The SMILES string of the molecule is O=C1CC2CC3(CCC2(O)N1CCc1ccco1)OCCO3. The summed E-state index contributed by atoms with van der Waals surface area (Å²) < 4.78 is 16.8. The van der Waals surface area contributed by atoms with Crippen LogP contribution in [-0.4, -0.2) is 47.2 Å². The molecule has 0 radical (unpaired) electrons. The number of carbonyl (C=O) groups excluding carboxylic acids is 1. The van der Waals surface area contributed by atoms with Gasteiger partial charge in [0.15, 0.2) is 5.79 Å². The number of hydrogen-bond acceptors (Lipinski definition) is 5. The molecule has 3 heterocycles. The fraction of sp³-hybridized carbons (Fsp3) is 0.688. The maximum absolute atomic E-state index is 12.4. The molecule has 1 saturated carbocycles. The van der Waals surface area contributed by atoms with Crippen LogP contribution in [0.3, 0.4) is 0 Å². The second-order valence-electron chi connectivity index (χ2n) is 6.47. The average Bonchev–Trinajstić information content (AvgIpc) is 3.19. The Labute approximate surface area is 129 Å². The molecule has 2 aliphatic heterocycles. The third kappa shape index (κ3) is 2.17. The Morgan fingerprint density at radius 1 is 1.32 bits per heavy atom. The van der Waals surface area contributed by atoms with Crippen LogP contribution >= 0.6 is 0 Å². The summed E-state index contributed by atoms with van der Waals surface area (Å²) in [6.45, 7) is 1.68. The van der Waals surface area contributed by atoms with E-state index in [1.165, 1.54) is 0 Å². The maximum atomic E-state index is 12.4. The predicted octanol–water partition coefficient (Wildman–Crippen LogP) is 1.29. The highest BCUT2D eigenvalue weighted by atomic mass is 16.7. The highest BCUT2D eigenvalue weighted by Crippen LogP contribution is 2.50. The van der Waals surface area contributed by atoms with Crippen molar-refractivity contribution in [1.82, 2.24) is 4.90 Å². The first-order chi connectivity index (χ1) is 10.6. The van der Waals surface area contributed by atoms with Gasteiger partial charge in [-0.15, -0.1) is 0 Å². The van der Waals surface area contributed by atoms with Gasteiger partial charge in [0.1, 0.15) is 11.5 Å². The highest BCUT2D eigenvalue weighted by Gasteiger charge is 2.59. The zero-order valence-corrected chi connectivity index (χ0v) is 12.5. The number of amides is 1. The lowest BCUT2D eigenvalue weighted by atomic mass is 9.78. The van der Waals surface area contributed by atoms with Crippen LogP contribution in [0, 0.1) is 5.92 Å². The van der Waals surface area contributed by atoms with Crippen LogP contribution in [0.4, 0.5) is 0 Å². The fourth-order valence-corrected chi connectivity index (χ4v) is 4.10. The molecule has 2 unspecified atom stereocenters. The van der Waals surface area contributed by atoms with Gasteiger partial charge in [0.25, 0.3) is 0 Å². The van der Waals surface area contributed by atoms with Gasteiger partial charge in [0, 0.05) is 44.6 Å². The molecular formula is C16H21NO5. The lowest BCUT2D eigenvalue weighted by Gasteiger charge is -2.46. The first-order valence-electron chi connectivity index (χ1n) is 7.94. The third-order valence-electron chi connectivity index (χ3n) is 5.25. The minimum absolute atomic E-state index is 0.00843. The van der Waals surface area contributed by atoms with Gasteiger partial charge in [-0.25, -0.2) is 0 Å². The van der Waals surface area contributed by atoms with E-state index in [0.717, 1.165) is 5.76 Å². The summed E-state index contributed by atoms with van der Waals surface area (Å²) in [4.78, 5) is 14.0. The van der Waals surface area contributed by atoms with Crippen molar-refractivity contribution >= 4 is 5.91 Å². The molecule has 2 atom stereocenters. The number of likely N-dealkylation sites (tertiary alicyclic amines) is 1. The highest BCUT2D eigenvalue weighted by molar-refractivity contribution is 5.80. The number of hydrogen-bond donors (Lipinski definition) is 1. The summed E-state index contributed by atoms with van der Waals surface area (Å²) in [7, 11) is 0. The van der Waals surface area contributed by atoms with Crippen molar-refractivity contribution in [1.29, 1.82) is 0 Å². The number of furan rings is 1. The van der Waals surface area contributed by atoms with E-state index >= 15 is 0 Å². The fourth-order valence-electron chi connectivity index (χ4n) is 4.10. The van der Waals surface area contributed by atoms with Crippen LogP contribution in [0.15, 0.2) is 22.8 Å². The Balaban J connectivity index is 1.48. The first-order valence-corrected chi connectivity index (χ1v) is 7.94. The van der Waals surface area contributed by atoms with Crippen molar-refractivity contribution in [3.05, 3.63) is 24.2 Å². The minimum atomic E-state index is -1.07. The molecule has 1 amide bonds. The maximum Gasteiger partial charge on any atom is 0.225 e. The Bertz CT molecular complexity index is 551. The third-order valence-corrected chi connectivity index (χ3v) is 5.25. The number of aliphatic hydroxyl groups is 1. The van der Waals surface area contributed by atoms with Crippen LogP contribution < -0.4 is 0 Å². The van der Waals surface area contributed by atoms with Gasteiger partial charge >= 0.3 is 0 Å². The van der Waals surface area contributed by atoms with Gasteiger partial charge in [0.2, 0.25) is 5.91 Å². The van der Waals surface area contributed by atoms with Gasteiger partial charge < -0.3 is 23.9 Å². The molecule has 2 saturated heterocycles. The number of ether oxygens (including phenoxy) is 2. The van der Waals surface area contributed by atoms with E-state index in [0.29, 0.717) is 51.9 Å². The zero-order chi connectivity index (χ0) is 15.2. The van der Waals surface area contributed by atoms with Crippen molar-refractivity contribution in [2.75, 3.05) is 19.8 Å². The molecule has 1 aromatic rings. The van der Waals surface area contributed by atoms with E-state index in [9.17, 15) is 9.90 Å². The standard InChI is InChI=1S/C16H21NO5/c18-14-10-12-11-15(21-8-9-22-15)4-5-16(12,19)17(14)6-3-13-2-1-7-20-13/h1-2,7,12,19H,3-6,8-11H2. The Morgan fingerprint density at radius 3 is 2.86 bits per heavy atom. The second-order valence-corrected chi connectivity index (χ2v) is 6.47. The monoisotopic (exact) mass is 307 g/mol.